The Kier molecular flexibility index (Phi) is 32.6. The van der Waals surface area contributed by atoms with Crippen molar-refractivity contribution in [3.05, 3.63) is 259 Å². The van der Waals surface area contributed by atoms with Crippen LogP contribution in [0.15, 0.2) is 146 Å². The number of amides is 1. The second kappa shape index (κ2) is 44.8. The minimum atomic E-state index is -1.57. The van der Waals surface area contributed by atoms with Gasteiger partial charge in [-0.3, -0.25) is 34.3 Å². The molecular weight excluding hydrogens is 1930 g/mol. The van der Waals surface area contributed by atoms with Crippen LogP contribution < -0.4 is 18.9 Å². The average Bonchev–Trinajstić information content (AvgIpc) is 1.59. The fraction of sp³-hybridized carbons (Fsp3) is 0.529. The maximum Gasteiger partial charge on any atom is 0.410 e. The minimum Gasteiger partial charge on any atom is -0.492 e. The van der Waals surface area contributed by atoms with Crippen LogP contribution in [0.1, 0.15) is 261 Å². The van der Waals surface area contributed by atoms with Gasteiger partial charge in [0.25, 0.3) is 0 Å². The molecule has 12 aromatic rings. The van der Waals surface area contributed by atoms with Gasteiger partial charge in [-0.2, -0.15) is 0 Å². The lowest BCUT2D eigenvalue weighted by molar-refractivity contribution is -0.0223. The van der Waals surface area contributed by atoms with E-state index in [-0.39, 0.29) is 108 Å². The quantitative estimate of drug-likeness (QED) is 0.0305. The summed E-state index contributed by atoms with van der Waals surface area (Å²) in [6.45, 7) is 42.8. The van der Waals surface area contributed by atoms with Gasteiger partial charge in [-0.1, -0.05) is 140 Å². The Hall–Kier alpha value is -10.7. The third kappa shape index (κ3) is 24.0. The summed E-state index contributed by atoms with van der Waals surface area (Å²) in [6.07, 6.45) is 10.6. The highest BCUT2D eigenvalue weighted by molar-refractivity contribution is 5.88. The molecule has 9 aliphatic rings. The molecule has 21 rings (SSSR count). The summed E-state index contributed by atoms with van der Waals surface area (Å²) in [6, 6.07) is 39.1. The van der Waals surface area contributed by atoms with Crippen molar-refractivity contribution >= 4 is 49.7 Å². The minimum absolute atomic E-state index is 0.00729. The average molecular weight is 2080 g/mol. The lowest BCUT2D eigenvalue weighted by Gasteiger charge is -2.49. The van der Waals surface area contributed by atoms with E-state index >= 15 is 43.9 Å². The van der Waals surface area contributed by atoms with Gasteiger partial charge in [0.15, 0.2) is 0 Å². The normalized spacial score (nSPS) is 21.8. The van der Waals surface area contributed by atoms with Crippen LogP contribution in [0.3, 0.4) is 0 Å². The predicted molar refractivity (Wildman–Crippen MR) is 572 cm³/mol. The maximum atomic E-state index is 15.9. The van der Waals surface area contributed by atoms with Crippen LogP contribution in [0.25, 0.3) is 43.6 Å². The summed E-state index contributed by atoms with van der Waals surface area (Å²) in [5, 5.41) is 4.26. The van der Waals surface area contributed by atoms with Gasteiger partial charge in [-0.15, -0.1) is 0 Å². The molecule has 8 atom stereocenters. The molecule has 0 bridgehead atoms. The number of para-hydroxylation sites is 4. The van der Waals surface area contributed by atoms with Gasteiger partial charge >= 0.3 is 6.09 Å². The molecule has 0 spiro atoms. The first kappa shape index (κ1) is 109. The first-order chi connectivity index (χ1) is 71.4. The molecule has 8 aromatic carbocycles. The van der Waals surface area contributed by atoms with Crippen LogP contribution in [0.4, 0.5) is 53.1 Å². The van der Waals surface area contributed by atoms with Gasteiger partial charge in [-0.05, 0) is 197 Å². The molecule has 0 unspecified atom stereocenters. The third-order valence-electron chi connectivity index (χ3n) is 32.5. The summed E-state index contributed by atoms with van der Waals surface area (Å²) in [4.78, 5) is 42.4. The number of fused-ring (bicyclic) bond motifs is 12. The zero-order valence-electron chi connectivity index (χ0n) is 90.2. The summed E-state index contributed by atoms with van der Waals surface area (Å²) in [7, 11) is 0. The van der Waals surface area contributed by atoms with Crippen LogP contribution in [0.5, 0.6) is 23.0 Å². The van der Waals surface area contributed by atoms with Crippen LogP contribution in [-0.2, 0) is 30.4 Å². The Morgan fingerprint density at radius 2 is 0.653 bits per heavy atom. The van der Waals surface area contributed by atoms with Gasteiger partial charge in [0, 0.05) is 246 Å². The number of hydrogen-bond acceptors (Lipinski definition) is 13. The second-order valence-electron chi connectivity index (χ2n) is 47.0. The van der Waals surface area contributed by atoms with Crippen molar-refractivity contribution in [3.63, 3.8) is 0 Å². The van der Waals surface area contributed by atoms with Crippen molar-refractivity contribution in [2.45, 2.75) is 272 Å². The van der Waals surface area contributed by atoms with E-state index in [1.165, 1.54) is 126 Å². The van der Waals surface area contributed by atoms with Crippen LogP contribution >= 0.6 is 0 Å². The number of alkyl halides is 3. The Morgan fingerprint density at radius 3 is 0.940 bits per heavy atom. The topological polar surface area (TPSA) is 152 Å². The van der Waals surface area contributed by atoms with Crippen molar-refractivity contribution in [3.8, 4) is 23.0 Å². The van der Waals surface area contributed by atoms with Gasteiger partial charge in [0.1, 0.15) is 118 Å². The van der Waals surface area contributed by atoms with E-state index in [9.17, 15) is 9.18 Å². The molecule has 1 amide bonds. The SMILES string of the molecule is CCC1CN(CCOc2cc(F)c([C@@H]3c4[nH]c5ccccc5c4C[C@@H](C)N3CC3(C)CCC3)c(F)c2)C1.CCC1CN(CCOc2cc(F)c([C@@H]3c4[nH]c5ccccc5c4C[C@@H](CC)N3CC(C)(C)F)c(F)c2)C1.CCC1CN(CCOc2cc(F)c([C@@H]3c4[nH]c5ccccc5c4C[C@H](CC)N3CC(C)(C)F)c(F)c2)C1.C[C@@H]1Cc2c([nH]c3ccccc23)[C@@H](c2c(F)cc(OC3CN(C(=O)OC(C)(C)C)C3)cc2F)N1CC(C)(C)F. The molecule has 12 heterocycles. The summed E-state index contributed by atoms with van der Waals surface area (Å²) < 4.78 is 200. The molecule has 1 aliphatic carbocycles. The van der Waals surface area contributed by atoms with E-state index in [0.29, 0.717) is 44.8 Å². The lowest BCUT2D eigenvalue weighted by Crippen LogP contribution is -2.57. The highest BCUT2D eigenvalue weighted by Crippen LogP contribution is 2.53. The maximum absolute atomic E-state index is 15.9. The van der Waals surface area contributed by atoms with Crippen molar-refractivity contribution in [1.29, 1.82) is 0 Å². The van der Waals surface area contributed by atoms with Crippen molar-refractivity contribution < 1.29 is 76.8 Å². The van der Waals surface area contributed by atoms with Gasteiger partial charge in [0.05, 0.1) is 37.3 Å². The van der Waals surface area contributed by atoms with Gasteiger partial charge in [-0.25, -0.2) is 53.1 Å². The molecule has 18 nitrogen and oxygen atoms in total. The number of nitrogens with zero attached hydrogens (tertiary/aromatic N) is 8. The Bertz CT molecular complexity index is 6460. The molecule has 4 N–H and O–H groups in total. The van der Waals surface area contributed by atoms with E-state index in [1.54, 1.807) is 20.8 Å². The van der Waals surface area contributed by atoms with Crippen LogP contribution in [0, 0.1) is 69.7 Å². The Labute approximate surface area is 876 Å². The fourth-order valence-corrected chi connectivity index (χ4v) is 24.5. The highest BCUT2D eigenvalue weighted by atomic mass is 19.2. The number of aromatic nitrogens is 4. The molecule has 8 aliphatic heterocycles. The van der Waals surface area contributed by atoms with E-state index < -0.39 is 106 Å². The molecule has 4 saturated heterocycles. The number of carbonyl (C=O) groups is 1. The van der Waals surface area contributed by atoms with E-state index in [1.807, 2.05) is 120 Å². The largest absolute Gasteiger partial charge is 0.492 e. The summed E-state index contributed by atoms with van der Waals surface area (Å²) >= 11 is 0. The first-order valence-corrected chi connectivity index (χ1v) is 54.5. The molecule has 29 heteroatoms. The second-order valence-corrected chi connectivity index (χ2v) is 47.0. The number of H-pyrrole nitrogens is 4. The van der Waals surface area contributed by atoms with Crippen molar-refractivity contribution in [2.24, 2.45) is 23.2 Å². The van der Waals surface area contributed by atoms with E-state index in [2.05, 4.69) is 86.3 Å². The lowest BCUT2D eigenvalue weighted by atomic mass is 9.69. The molecule has 5 fully saturated rings. The Morgan fingerprint density at radius 1 is 0.373 bits per heavy atom. The standard InChI is InChI=1S/C31H39F2N3O.C30H36F3N3O3.2C30H38F3N3O/c1-4-21-17-35(18-21)12-13-37-22-15-25(32)28(26(33)16-22)30-29-24(23-8-5-6-9-27(23)34-29)14-20(2)36(30)19-31(3)10-7-11-31;1-17-11-21-20-9-7-8-10-24(20)34-26(21)27(36(17)16-30(5,6)33)25-22(31)12-18(13-23(25)32)38-19-14-35(15-19)28(37)39-29(2,3)4;2*1-5-19-16-35(17-19)11-12-37-21-14-24(31)27(25(32)15-21)29-28-23(22-9-7-8-10-26(22)34-28)13-20(6-2)36(29)18-30(3,4)33/h5-6,8-9,15-16,20-21,30,34H,4,7,10-14,17-19H2,1-3H3;7-10,12-13,17,19,27,34H,11,14-16H2,1-6H3;2*7-10,14-15,19-20,29,34H,5-6,11-13,16-18H2,1-4H3/t20-,30-;17-,27-;20-,29+;20-,29-/m1101/s1. The number of benzene rings is 8. The third-order valence-corrected chi connectivity index (χ3v) is 32.5. The first-order valence-electron chi connectivity index (χ1n) is 54.5. The number of hydrogen-bond donors (Lipinski definition) is 4. The van der Waals surface area contributed by atoms with Crippen molar-refractivity contribution in [1.82, 2.24) is 59.1 Å². The van der Waals surface area contributed by atoms with Crippen LogP contribution in [-0.4, -0.2) is 236 Å². The number of likely N-dealkylation sites (tertiary alicyclic amines) is 4. The van der Waals surface area contributed by atoms with Gasteiger partial charge < -0.3 is 48.5 Å². The number of aromatic amines is 4. The monoisotopic (exact) mass is 2080 g/mol. The predicted octanol–water partition coefficient (Wildman–Crippen LogP) is 26.5. The van der Waals surface area contributed by atoms with Crippen LogP contribution in [0.2, 0.25) is 0 Å². The number of rotatable bonds is 31. The number of halogens is 11. The summed E-state index contributed by atoms with van der Waals surface area (Å²) in [5.41, 5.74) is 5.93. The number of carbonyl (C=O) groups excluding carboxylic acids is 1. The Balaban J connectivity index is 0.000000131. The molecule has 1 saturated carbocycles. The molecule has 0 radical (unpaired) electrons. The summed E-state index contributed by atoms with van der Waals surface area (Å²) in [5.74, 6) is -2.34. The zero-order chi connectivity index (χ0) is 107. The highest BCUT2D eigenvalue weighted by Gasteiger charge is 2.49. The zero-order valence-corrected chi connectivity index (χ0v) is 90.2. The van der Waals surface area contributed by atoms with E-state index in [4.69, 9.17) is 23.7 Å². The molecule has 150 heavy (non-hydrogen) atoms. The number of nitrogens with one attached hydrogen (secondary N) is 4. The molecule has 808 valence electrons. The smallest absolute Gasteiger partial charge is 0.410 e. The molecule has 4 aromatic heterocycles. The van der Waals surface area contributed by atoms with E-state index in [0.717, 1.165) is 193 Å². The van der Waals surface area contributed by atoms with Crippen molar-refractivity contribution in [2.75, 3.05) is 118 Å². The number of ether oxygens (including phenoxy) is 5. The molecular formula is C121H151F11N12O6. The van der Waals surface area contributed by atoms with Gasteiger partial charge in [0.2, 0.25) is 0 Å². The fourth-order valence-electron chi connectivity index (χ4n) is 24.5.